The zero-order valence-corrected chi connectivity index (χ0v) is 20.9. The van der Waals surface area contributed by atoms with Crippen molar-refractivity contribution in [1.82, 2.24) is 33.7 Å². The van der Waals surface area contributed by atoms with Crippen LogP contribution in [0.25, 0.3) is 0 Å². The lowest BCUT2D eigenvalue weighted by molar-refractivity contribution is -0.138. The minimum Gasteiger partial charge on any atom is -0.340 e. The topological polar surface area (TPSA) is 96.6 Å². The van der Waals surface area contributed by atoms with Crippen molar-refractivity contribution in [3.05, 3.63) is 29.3 Å². The van der Waals surface area contributed by atoms with E-state index < -0.39 is 10.0 Å². The predicted octanol–water partition coefficient (Wildman–Crippen LogP) is 0.998. The number of hydrogen-bond donors (Lipinski definition) is 0. The Hall–Kier alpha value is -2.24. The number of carbonyl (C=O) groups is 1. The molecule has 0 aliphatic carbocycles. The molecule has 1 atom stereocenters. The predicted molar refractivity (Wildman–Crippen MR) is 124 cm³/mol. The fraction of sp³-hybridized carbons (Fsp3) is 0.682. The second kappa shape index (κ2) is 9.55. The van der Waals surface area contributed by atoms with E-state index in [4.69, 9.17) is 0 Å². The van der Waals surface area contributed by atoms with E-state index in [9.17, 15) is 13.2 Å². The highest BCUT2D eigenvalue weighted by Gasteiger charge is 2.37. The second-order valence-corrected chi connectivity index (χ2v) is 11.0. The summed E-state index contributed by atoms with van der Waals surface area (Å²) in [5.74, 6) is -0.213. The summed E-state index contributed by atoms with van der Waals surface area (Å²) >= 11 is 0. The van der Waals surface area contributed by atoms with Gasteiger partial charge in [-0.3, -0.25) is 19.1 Å². The van der Waals surface area contributed by atoms with E-state index in [1.165, 1.54) is 16.1 Å². The summed E-state index contributed by atoms with van der Waals surface area (Å²) in [6.45, 7) is 11.2. The van der Waals surface area contributed by atoms with E-state index in [1.54, 1.807) is 18.7 Å². The summed E-state index contributed by atoms with van der Waals surface area (Å²) < 4.78 is 31.3. The molecule has 0 spiro atoms. The Bertz CT molecular complexity index is 1100. The normalized spacial score (nSPS) is 21.0. The van der Waals surface area contributed by atoms with Gasteiger partial charge in [0.2, 0.25) is 15.9 Å². The number of sulfonamides is 1. The van der Waals surface area contributed by atoms with Crippen molar-refractivity contribution in [3.8, 4) is 0 Å². The second-order valence-electron chi connectivity index (χ2n) is 9.12. The van der Waals surface area contributed by atoms with Gasteiger partial charge in [0.1, 0.15) is 4.90 Å². The number of aryl methyl sites for hydroxylation is 3. The molecule has 33 heavy (non-hydrogen) atoms. The maximum Gasteiger partial charge on any atom is 0.246 e. The molecule has 2 aliphatic rings. The van der Waals surface area contributed by atoms with Gasteiger partial charge in [-0.1, -0.05) is 0 Å². The molecule has 2 aromatic rings. The van der Waals surface area contributed by atoms with E-state index in [0.29, 0.717) is 31.7 Å². The molecular formula is C22H35N7O3S. The largest absolute Gasteiger partial charge is 0.340 e. The first kappa shape index (κ1) is 23.9. The number of amides is 1. The van der Waals surface area contributed by atoms with Crippen molar-refractivity contribution >= 4 is 15.9 Å². The van der Waals surface area contributed by atoms with E-state index in [-0.39, 0.29) is 23.3 Å². The molecular weight excluding hydrogens is 442 g/mol. The third-order valence-electron chi connectivity index (χ3n) is 6.99. The Balaban J connectivity index is 1.35. The Labute approximate surface area is 196 Å². The monoisotopic (exact) mass is 477 g/mol. The van der Waals surface area contributed by atoms with Crippen LogP contribution in [0, 0.1) is 19.8 Å². The standard InChI is InChI=1S/C22H35N7O3S/c1-5-28-15-20(17(2)24-28)14-26-9-11-27(12-10-26)22(30)19-7-6-8-29(16-19)33(31,32)21-13-23-25(4)18(21)3/h13,15,19H,5-12,14,16H2,1-4H3/t19-/m1/s1. The molecule has 0 saturated carbocycles. The van der Waals surface area contributed by atoms with Crippen molar-refractivity contribution in [2.45, 2.75) is 51.6 Å². The average molecular weight is 478 g/mol. The Kier molecular flexibility index (Phi) is 6.92. The Morgan fingerprint density at radius 3 is 2.48 bits per heavy atom. The molecule has 11 heteroatoms. The van der Waals surface area contributed by atoms with Crippen molar-refractivity contribution in [2.24, 2.45) is 13.0 Å². The first-order valence-corrected chi connectivity index (χ1v) is 13.2. The minimum atomic E-state index is -3.65. The molecule has 2 aromatic heterocycles. The van der Waals surface area contributed by atoms with Crippen LogP contribution in [0.2, 0.25) is 0 Å². The van der Waals surface area contributed by atoms with Gasteiger partial charge in [-0.05, 0) is 33.6 Å². The van der Waals surface area contributed by atoms with Crippen LogP contribution in [0.1, 0.15) is 36.7 Å². The van der Waals surface area contributed by atoms with E-state index in [0.717, 1.165) is 38.3 Å². The van der Waals surface area contributed by atoms with Crippen LogP contribution in [0.15, 0.2) is 17.3 Å². The van der Waals surface area contributed by atoms with Gasteiger partial charge in [0.25, 0.3) is 0 Å². The smallest absolute Gasteiger partial charge is 0.246 e. The Morgan fingerprint density at radius 1 is 1.15 bits per heavy atom. The van der Waals surface area contributed by atoms with Gasteiger partial charge < -0.3 is 4.90 Å². The highest BCUT2D eigenvalue weighted by Crippen LogP contribution is 2.27. The van der Waals surface area contributed by atoms with Crippen LogP contribution in [0.3, 0.4) is 0 Å². The van der Waals surface area contributed by atoms with Gasteiger partial charge in [0.15, 0.2) is 0 Å². The van der Waals surface area contributed by atoms with Gasteiger partial charge in [0.05, 0.1) is 23.5 Å². The van der Waals surface area contributed by atoms with Crippen LogP contribution in [-0.2, 0) is 35.0 Å². The van der Waals surface area contributed by atoms with Gasteiger partial charge in [-0.2, -0.15) is 14.5 Å². The molecule has 0 bridgehead atoms. The minimum absolute atomic E-state index is 0.0763. The van der Waals surface area contributed by atoms with Crippen LogP contribution >= 0.6 is 0 Å². The molecule has 1 amide bonds. The number of carbonyl (C=O) groups excluding carboxylic acids is 1. The Morgan fingerprint density at radius 2 is 1.88 bits per heavy atom. The highest BCUT2D eigenvalue weighted by molar-refractivity contribution is 7.89. The van der Waals surface area contributed by atoms with Crippen LogP contribution in [0.4, 0.5) is 0 Å². The van der Waals surface area contributed by atoms with E-state index in [2.05, 4.69) is 28.2 Å². The number of aromatic nitrogens is 4. The summed E-state index contributed by atoms with van der Waals surface area (Å²) in [4.78, 5) is 17.8. The quantitative estimate of drug-likeness (QED) is 0.616. The number of piperidine rings is 1. The van der Waals surface area contributed by atoms with Crippen LogP contribution in [-0.4, -0.2) is 87.3 Å². The molecule has 2 fully saturated rings. The first-order chi connectivity index (χ1) is 15.7. The SMILES string of the molecule is CCn1cc(CN2CCN(C(=O)[C@@H]3CCCN(S(=O)(=O)c4cnn(C)c4C)C3)CC2)c(C)n1. The zero-order valence-electron chi connectivity index (χ0n) is 20.1. The van der Waals surface area contributed by atoms with Gasteiger partial charge >= 0.3 is 0 Å². The van der Waals surface area contributed by atoms with Crippen molar-refractivity contribution in [3.63, 3.8) is 0 Å². The number of hydrogen-bond acceptors (Lipinski definition) is 6. The summed E-state index contributed by atoms with van der Waals surface area (Å²) in [6, 6.07) is 0. The third kappa shape index (κ3) is 4.85. The van der Waals surface area contributed by atoms with Crippen LogP contribution < -0.4 is 0 Å². The maximum absolute atomic E-state index is 13.3. The molecule has 0 radical (unpaired) electrons. The van der Waals surface area contributed by atoms with E-state index in [1.807, 2.05) is 16.5 Å². The molecule has 0 N–H and O–H groups in total. The lowest BCUT2D eigenvalue weighted by atomic mass is 9.97. The molecule has 0 unspecified atom stereocenters. The molecule has 10 nitrogen and oxygen atoms in total. The maximum atomic E-state index is 13.3. The lowest BCUT2D eigenvalue weighted by Crippen LogP contribution is -2.52. The molecule has 4 heterocycles. The molecule has 2 aliphatic heterocycles. The summed E-state index contributed by atoms with van der Waals surface area (Å²) in [5, 5.41) is 8.60. The van der Waals surface area contributed by atoms with Crippen molar-refractivity contribution < 1.29 is 13.2 Å². The number of rotatable bonds is 6. The number of nitrogens with zero attached hydrogens (tertiary/aromatic N) is 7. The van der Waals surface area contributed by atoms with E-state index >= 15 is 0 Å². The summed E-state index contributed by atoms with van der Waals surface area (Å²) in [6.07, 6.45) is 4.93. The molecule has 0 aromatic carbocycles. The zero-order chi connectivity index (χ0) is 23.8. The van der Waals surface area contributed by atoms with Crippen LogP contribution in [0.5, 0.6) is 0 Å². The average Bonchev–Trinajstić information content (AvgIpc) is 3.35. The number of piperazine rings is 1. The van der Waals surface area contributed by atoms with Gasteiger partial charge in [-0.15, -0.1) is 0 Å². The summed E-state index contributed by atoms with van der Waals surface area (Å²) in [5.41, 5.74) is 2.90. The van der Waals surface area contributed by atoms with Crippen molar-refractivity contribution in [2.75, 3.05) is 39.3 Å². The highest BCUT2D eigenvalue weighted by atomic mass is 32.2. The third-order valence-corrected chi connectivity index (χ3v) is 8.96. The molecule has 4 rings (SSSR count). The lowest BCUT2D eigenvalue weighted by Gasteiger charge is -2.38. The van der Waals surface area contributed by atoms with Gasteiger partial charge in [0, 0.05) is 71.2 Å². The summed E-state index contributed by atoms with van der Waals surface area (Å²) in [7, 11) is -1.92. The fourth-order valence-corrected chi connectivity index (χ4v) is 6.44. The molecule has 2 saturated heterocycles. The fourth-order valence-electron chi connectivity index (χ4n) is 4.73. The van der Waals surface area contributed by atoms with Crippen molar-refractivity contribution in [1.29, 1.82) is 0 Å². The molecule has 182 valence electrons. The van der Waals surface area contributed by atoms with Gasteiger partial charge in [-0.25, -0.2) is 8.42 Å². The first-order valence-electron chi connectivity index (χ1n) is 11.7.